The molecule has 3 nitrogen and oxygen atoms in total. The fraction of sp³-hybridized carbons (Fsp3) is 0.409. The first kappa shape index (κ1) is 16.2. The Morgan fingerprint density at radius 3 is 2.72 bits per heavy atom. The van der Waals surface area contributed by atoms with E-state index in [4.69, 9.17) is 5.73 Å². The van der Waals surface area contributed by atoms with E-state index in [9.17, 15) is 4.79 Å². The van der Waals surface area contributed by atoms with Gasteiger partial charge in [0.2, 0.25) is 0 Å². The van der Waals surface area contributed by atoms with E-state index in [2.05, 4.69) is 35.7 Å². The maximum absolute atomic E-state index is 12.7. The van der Waals surface area contributed by atoms with E-state index in [1.807, 2.05) is 24.3 Å². The van der Waals surface area contributed by atoms with Crippen LogP contribution >= 0.6 is 0 Å². The molecule has 1 aromatic rings. The van der Waals surface area contributed by atoms with E-state index in [1.165, 1.54) is 19.3 Å². The topological polar surface area (TPSA) is 55.1 Å². The summed E-state index contributed by atoms with van der Waals surface area (Å²) in [6.45, 7) is 0. The van der Waals surface area contributed by atoms with Gasteiger partial charge in [0.25, 0.3) is 5.91 Å². The first-order chi connectivity index (χ1) is 12.2. The number of benzene rings is 1. The van der Waals surface area contributed by atoms with Crippen molar-refractivity contribution in [2.45, 2.75) is 32.1 Å². The number of hydrogen-bond donors (Lipinski definition) is 2. The molecule has 4 unspecified atom stereocenters. The predicted molar refractivity (Wildman–Crippen MR) is 103 cm³/mol. The van der Waals surface area contributed by atoms with Crippen molar-refractivity contribution in [2.75, 3.05) is 11.1 Å². The minimum Gasteiger partial charge on any atom is -0.397 e. The average Bonchev–Trinajstić information content (AvgIpc) is 2.82. The van der Waals surface area contributed by atoms with Crippen molar-refractivity contribution in [1.82, 2.24) is 0 Å². The first-order valence-corrected chi connectivity index (χ1v) is 9.44. The molecule has 130 valence electrons. The van der Waals surface area contributed by atoms with Crippen molar-refractivity contribution >= 4 is 17.3 Å². The fourth-order valence-corrected chi connectivity index (χ4v) is 4.79. The quantitative estimate of drug-likeness (QED) is 0.770. The van der Waals surface area contributed by atoms with Gasteiger partial charge in [-0.25, -0.2) is 0 Å². The van der Waals surface area contributed by atoms with Gasteiger partial charge in [-0.15, -0.1) is 0 Å². The van der Waals surface area contributed by atoms with E-state index < -0.39 is 0 Å². The van der Waals surface area contributed by atoms with Gasteiger partial charge < -0.3 is 11.1 Å². The summed E-state index contributed by atoms with van der Waals surface area (Å²) in [7, 11) is 0. The molecule has 3 heteroatoms. The van der Waals surface area contributed by atoms with E-state index in [-0.39, 0.29) is 5.91 Å². The van der Waals surface area contributed by atoms with E-state index in [0.29, 0.717) is 35.0 Å². The van der Waals surface area contributed by atoms with Crippen LogP contribution < -0.4 is 11.1 Å². The highest BCUT2D eigenvalue weighted by Crippen LogP contribution is 2.45. The second-order valence-corrected chi connectivity index (χ2v) is 7.54. The van der Waals surface area contributed by atoms with Crippen LogP contribution in [-0.4, -0.2) is 5.91 Å². The van der Waals surface area contributed by atoms with Crippen LogP contribution in [0.2, 0.25) is 0 Å². The number of fused-ring (bicyclic) bond motifs is 3. The van der Waals surface area contributed by atoms with Crippen molar-refractivity contribution in [3.8, 4) is 0 Å². The van der Waals surface area contributed by atoms with Crippen LogP contribution in [0, 0.1) is 23.7 Å². The highest BCUT2D eigenvalue weighted by atomic mass is 16.1. The standard InChI is InChI=1S/C22H26N2O/c23-20-10-3-4-11-21(20)24-22(25)17-12-13-19-16(14-17)8-5-7-15-6-1-2-9-18(15)19/h1-4,6,9-11,14-16,18-19H,5,7-8,12-13,23H2,(H,24,25). The Morgan fingerprint density at radius 2 is 1.84 bits per heavy atom. The Bertz CT molecular complexity index is 746. The number of nitrogens with two attached hydrogens (primary N) is 1. The lowest BCUT2D eigenvalue weighted by Crippen LogP contribution is -2.29. The molecular formula is C22H26N2O. The zero-order valence-corrected chi connectivity index (χ0v) is 14.5. The Balaban J connectivity index is 1.51. The van der Waals surface area contributed by atoms with Crippen LogP contribution in [0.5, 0.6) is 0 Å². The lowest BCUT2D eigenvalue weighted by Gasteiger charge is -2.36. The summed E-state index contributed by atoms with van der Waals surface area (Å²) >= 11 is 0. The van der Waals surface area contributed by atoms with Gasteiger partial charge in [0.15, 0.2) is 0 Å². The molecule has 4 rings (SSSR count). The summed E-state index contributed by atoms with van der Waals surface area (Å²) in [6, 6.07) is 7.44. The van der Waals surface area contributed by atoms with Gasteiger partial charge in [-0.2, -0.15) is 0 Å². The number of allylic oxidation sites excluding steroid dienone is 5. The van der Waals surface area contributed by atoms with E-state index in [0.717, 1.165) is 18.4 Å². The summed E-state index contributed by atoms with van der Waals surface area (Å²) in [5.74, 6) is 2.54. The van der Waals surface area contributed by atoms with Gasteiger partial charge in [-0.1, -0.05) is 48.9 Å². The minimum atomic E-state index is 0.0104. The molecule has 0 saturated heterocycles. The molecule has 3 N–H and O–H groups in total. The van der Waals surface area contributed by atoms with Gasteiger partial charge >= 0.3 is 0 Å². The molecule has 3 aliphatic carbocycles. The number of carbonyl (C=O) groups excluding carboxylic acids is 1. The van der Waals surface area contributed by atoms with Gasteiger partial charge in [0, 0.05) is 5.57 Å². The monoisotopic (exact) mass is 334 g/mol. The molecule has 1 saturated carbocycles. The summed E-state index contributed by atoms with van der Waals surface area (Å²) in [6.07, 6.45) is 17.1. The van der Waals surface area contributed by atoms with Crippen molar-refractivity contribution in [3.63, 3.8) is 0 Å². The molecular weight excluding hydrogens is 308 g/mol. The molecule has 1 aromatic carbocycles. The smallest absolute Gasteiger partial charge is 0.251 e. The molecule has 0 bridgehead atoms. The molecule has 1 amide bonds. The summed E-state index contributed by atoms with van der Waals surface area (Å²) in [5, 5.41) is 2.99. The van der Waals surface area contributed by atoms with Crippen molar-refractivity contribution < 1.29 is 4.79 Å². The van der Waals surface area contributed by atoms with E-state index in [1.54, 1.807) is 0 Å². The Morgan fingerprint density at radius 1 is 1.04 bits per heavy atom. The van der Waals surface area contributed by atoms with Crippen LogP contribution in [0.15, 0.2) is 60.2 Å². The second-order valence-electron chi connectivity index (χ2n) is 7.54. The summed E-state index contributed by atoms with van der Waals surface area (Å²) in [5.41, 5.74) is 8.20. The molecule has 0 heterocycles. The van der Waals surface area contributed by atoms with Crippen LogP contribution in [-0.2, 0) is 4.79 Å². The third kappa shape index (κ3) is 3.28. The van der Waals surface area contributed by atoms with E-state index >= 15 is 0 Å². The van der Waals surface area contributed by atoms with Crippen LogP contribution in [0.4, 0.5) is 11.4 Å². The highest BCUT2D eigenvalue weighted by molar-refractivity contribution is 6.05. The Hall–Kier alpha value is -2.29. The highest BCUT2D eigenvalue weighted by Gasteiger charge is 2.37. The summed E-state index contributed by atoms with van der Waals surface area (Å²) < 4.78 is 0. The molecule has 1 fully saturated rings. The molecule has 25 heavy (non-hydrogen) atoms. The van der Waals surface area contributed by atoms with Gasteiger partial charge in [-0.3, -0.25) is 4.79 Å². The molecule has 0 radical (unpaired) electrons. The number of amides is 1. The third-order valence-corrected chi connectivity index (χ3v) is 6.08. The average molecular weight is 334 g/mol. The van der Waals surface area contributed by atoms with Crippen LogP contribution in [0.1, 0.15) is 32.1 Å². The number of para-hydroxylation sites is 2. The maximum Gasteiger partial charge on any atom is 0.251 e. The minimum absolute atomic E-state index is 0.0104. The number of nitrogens with one attached hydrogen (secondary N) is 1. The molecule has 0 aliphatic heterocycles. The van der Waals surface area contributed by atoms with Gasteiger partial charge in [0.1, 0.15) is 0 Å². The number of carbonyl (C=O) groups is 1. The maximum atomic E-state index is 12.7. The summed E-state index contributed by atoms with van der Waals surface area (Å²) in [4.78, 5) is 12.7. The SMILES string of the molecule is Nc1ccccc1NC(=O)C1=CC2CCCC3C=CC=CC3C2CC1. The fourth-order valence-electron chi connectivity index (χ4n) is 4.79. The number of hydrogen-bond acceptors (Lipinski definition) is 2. The predicted octanol–water partition coefficient (Wildman–Crippen LogP) is 4.70. The second kappa shape index (κ2) is 6.91. The lowest BCUT2D eigenvalue weighted by atomic mass is 9.69. The van der Waals surface area contributed by atoms with Gasteiger partial charge in [0.05, 0.1) is 11.4 Å². The molecule has 0 spiro atoms. The molecule has 3 aliphatic rings. The third-order valence-electron chi connectivity index (χ3n) is 6.08. The number of nitrogen functional groups attached to an aromatic ring is 1. The number of rotatable bonds is 2. The van der Waals surface area contributed by atoms with Crippen molar-refractivity contribution in [1.29, 1.82) is 0 Å². The normalized spacial score (nSPS) is 30.6. The lowest BCUT2D eigenvalue weighted by molar-refractivity contribution is -0.113. The van der Waals surface area contributed by atoms with Crippen molar-refractivity contribution in [3.05, 3.63) is 60.2 Å². The largest absolute Gasteiger partial charge is 0.397 e. The molecule has 0 aromatic heterocycles. The number of anilines is 2. The van der Waals surface area contributed by atoms with Gasteiger partial charge in [-0.05, 0) is 61.5 Å². The zero-order valence-electron chi connectivity index (χ0n) is 14.5. The Kier molecular flexibility index (Phi) is 4.48. The first-order valence-electron chi connectivity index (χ1n) is 9.44. The Labute approximate surface area is 149 Å². The zero-order chi connectivity index (χ0) is 17.2. The van der Waals surface area contributed by atoms with Crippen LogP contribution in [0.3, 0.4) is 0 Å². The molecule has 4 atom stereocenters. The van der Waals surface area contributed by atoms with Crippen LogP contribution in [0.25, 0.3) is 0 Å². The van der Waals surface area contributed by atoms with Crippen molar-refractivity contribution in [2.24, 2.45) is 23.7 Å².